The van der Waals surface area contributed by atoms with Gasteiger partial charge in [0, 0.05) is 21.0 Å². The fourth-order valence-electron chi connectivity index (χ4n) is 2.73. The van der Waals surface area contributed by atoms with E-state index in [1.165, 1.54) is 22.3 Å². The lowest BCUT2D eigenvalue weighted by atomic mass is 9.98. The van der Waals surface area contributed by atoms with Crippen molar-refractivity contribution in [2.75, 3.05) is 0 Å². The van der Waals surface area contributed by atoms with Gasteiger partial charge in [-0.05, 0) is 44.0 Å². The van der Waals surface area contributed by atoms with Crippen molar-refractivity contribution in [1.82, 2.24) is 4.98 Å². The van der Waals surface area contributed by atoms with Gasteiger partial charge in [0.2, 0.25) is 0 Å². The molecule has 0 aliphatic carbocycles. The number of nitrogens with zero attached hydrogens (tertiary/aromatic N) is 1. The molecule has 0 saturated heterocycles. The predicted molar refractivity (Wildman–Crippen MR) is 94.9 cm³/mol. The highest BCUT2D eigenvalue weighted by atomic mass is 79.9. The van der Waals surface area contributed by atoms with E-state index in [0.717, 1.165) is 20.7 Å². The first-order valence-electron chi connectivity index (χ1n) is 6.84. The van der Waals surface area contributed by atoms with Gasteiger partial charge in [0.15, 0.2) is 0 Å². The molecule has 1 aromatic heterocycles. The van der Waals surface area contributed by atoms with Crippen LogP contribution in [0.1, 0.15) is 16.7 Å². The SMILES string of the molecule is Cc1cc(C)c(-c2csc(-c3cccc(Br)c3)n2)c(C)c1. The fraction of sp³-hybridized carbons (Fsp3) is 0.167. The lowest BCUT2D eigenvalue weighted by molar-refractivity contribution is 1.29. The maximum absolute atomic E-state index is 4.84. The Morgan fingerprint density at radius 2 is 1.71 bits per heavy atom. The Hall–Kier alpha value is -1.45. The molecule has 0 atom stereocenters. The third kappa shape index (κ3) is 2.94. The van der Waals surface area contributed by atoms with Gasteiger partial charge in [-0.3, -0.25) is 0 Å². The number of thiazole rings is 1. The van der Waals surface area contributed by atoms with Crippen molar-refractivity contribution in [3.8, 4) is 21.8 Å². The molecule has 0 radical (unpaired) electrons. The number of aromatic nitrogens is 1. The summed E-state index contributed by atoms with van der Waals surface area (Å²) in [5.74, 6) is 0. The van der Waals surface area contributed by atoms with Gasteiger partial charge >= 0.3 is 0 Å². The van der Waals surface area contributed by atoms with E-state index in [2.05, 4.69) is 66.3 Å². The van der Waals surface area contributed by atoms with Gasteiger partial charge in [0.05, 0.1) is 5.69 Å². The summed E-state index contributed by atoms with van der Waals surface area (Å²) in [7, 11) is 0. The van der Waals surface area contributed by atoms with Crippen LogP contribution >= 0.6 is 27.3 Å². The van der Waals surface area contributed by atoms with E-state index in [0.29, 0.717) is 0 Å². The van der Waals surface area contributed by atoms with E-state index in [-0.39, 0.29) is 0 Å². The first-order chi connectivity index (χ1) is 10.0. The van der Waals surface area contributed by atoms with Crippen LogP contribution in [-0.4, -0.2) is 4.98 Å². The summed E-state index contributed by atoms with van der Waals surface area (Å²) in [5, 5.41) is 3.21. The second-order valence-electron chi connectivity index (χ2n) is 5.32. The molecule has 0 aliphatic heterocycles. The second kappa shape index (κ2) is 5.74. The topological polar surface area (TPSA) is 12.9 Å². The van der Waals surface area contributed by atoms with Gasteiger partial charge in [0.1, 0.15) is 5.01 Å². The molecule has 0 spiro atoms. The van der Waals surface area contributed by atoms with Gasteiger partial charge in [-0.1, -0.05) is 45.8 Å². The molecular weight excluding hydrogens is 342 g/mol. The molecule has 0 N–H and O–H groups in total. The van der Waals surface area contributed by atoms with Crippen molar-refractivity contribution in [1.29, 1.82) is 0 Å². The highest BCUT2D eigenvalue weighted by molar-refractivity contribution is 9.10. The summed E-state index contributed by atoms with van der Waals surface area (Å²) in [6.45, 7) is 6.46. The van der Waals surface area contributed by atoms with Crippen LogP contribution in [0.2, 0.25) is 0 Å². The van der Waals surface area contributed by atoms with Crippen molar-refractivity contribution in [2.24, 2.45) is 0 Å². The average molecular weight is 358 g/mol. The van der Waals surface area contributed by atoms with Gasteiger partial charge < -0.3 is 0 Å². The largest absolute Gasteiger partial charge is 0.236 e. The Morgan fingerprint density at radius 3 is 2.38 bits per heavy atom. The molecule has 1 heterocycles. The monoisotopic (exact) mass is 357 g/mol. The zero-order valence-electron chi connectivity index (χ0n) is 12.3. The molecule has 21 heavy (non-hydrogen) atoms. The minimum atomic E-state index is 1.06. The summed E-state index contributed by atoms with van der Waals surface area (Å²) >= 11 is 5.22. The Bertz CT molecular complexity index is 781. The van der Waals surface area contributed by atoms with Crippen molar-refractivity contribution < 1.29 is 0 Å². The van der Waals surface area contributed by atoms with E-state index in [1.807, 2.05) is 12.1 Å². The lowest BCUT2D eigenvalue weighted by Crippen LogP contribution is -1.90. The number of aryl methyl sites for hydroxylation is 3. The Labute approximate surface area is 137 Å². The molecule has 106 valence electrons. The average Bonchev–Trinajstić information content (AvgIpc) is 2.87. The molecule has 0 fully saturated rings. The van der Waals surface area contributed by atoms with Crippen LogP contribution in [0.15, 0.2) is 46.3 Å². The second-order valence-corrected chi connectivity index (χ2v) is 7.10. The minimum absolute atomic E-state index is 1.06. The molecule has 3 aromatic rings. The summed E-state index contributed by atoms with van der Waals surface area (Å²) in [5.41, 5.74) is 7.37. The van der Waals surface area contributed by atoms with Crippen molar-refractivity contribution in [2.45, 2.75) is 20.8 Å². The summed E-state index contributed by atoms with van der Waals surface area (Å²) in [6, 6.07) is 12.7. The van der Waals surface area contributed by atoms with Crippen LogP contribution < -0.4 is 0 Å². The predicted octanol–water partition coefficient (Wildman–Crippen LogP) is 6.16. The first-order valence-corrected chi connectivity index (χ1v) is 8.51. The number of halogens is 1. The maximum Gasteiger partial charge on any atom is 0.124 e. The summed E-state index contributed by atoms with van der Waals surface area (Å²) < 4.78 is 1.08. The Kier molecular flexibility index (Phi) is 3.96. The maximum atomic E-state index is 4.84. The van der Waals surface area contributed by atoms with E-state index in [9.17, 15) is 0 Å². The van der Waals surface area contributed by atoms with E-state index in [4.69, 9.17) is 4.98 Å². The van der Waals surface area contributed by atoms with Crippen molar-refractivity contribution in [3.63, 3.8) is 0 Å². The van der Waals surface area contributed by atoms with E-state index >= 15 is 0 Å². The van der Waals surface area contributed by atoms with Crippen molar-refractivity contribution in [3.05, 3.63) is 62.9 Å². The van der Waals surface area contributed by atoms with Crippen LogP contribution in [-0.2, 0) is 0 Å². The third-order valence-electron chi connectivity index (χ3n) is 3.51. The molecule has 3 rings (SSSR count). The molecule has 0 aliphatic rings. The third-order valence-corrected chi connectivity index (χ3v) is 4.89. The van der Waals surface area contributed by atoms with E-state index in [1.54, 1.807) is 11.3 Å². The van der Waals surface area contributed by atoms with Crippen LogP contribution in [0.25, 0.3) is 21.8 Å². The molecule has 2 aromatic carbocycles. The standard InChI is InChI=1S/C18H16BrNS/c1-11-7-12(2)17(13(3)8-11)16-10-21-18(20-16)14-5-4-6-15(19)9-14/h4-10H,1-3H3. The molecule has 0 unspecified atom stereocenters. The van der Waals surface area contributed by atoms with Crippen LogP contribution in [0, 0.1) is 20.8 Å². The van der Waals surface area contributed by atoms with Crippen molar-refractivity contribution >= 4 is 27.3 Å². The smallest absolute Gasteiger partial charge is 0.124 e. The van der Waals surface area contributed by atoms with Crippen LogP contribution in [0.3, 0.4) is 0 Å². The molecule has 0 amide bonds. The zero-order chi connectivity index (χ0) is 15.0. The normalized spacial score (nSPS) is 10.9. The molecule has 0 bridgehead atoms. The number of hydrogen-bond acceptors (Lipinski definition) is 2. The fourth-order valence-corrected chi connectivity index (χ4v) is 3.93. The summed E-state index contributed by atoms with van der Waals surface area (Å²) in [6.07, 6.45) is 0. The molecule has 3 heteroatoms. The minimum Gasteiger partial charge on any atom is -0.236 e. The number of benzene rings is 2. The van der Waals surface area contributed by atoms with Gasteiger partial charge in [0.25, 0.3) is 0 Å². The van der Waals surface area contributed by atoms with Gasteiger partial charge in [-0.15, -0.1) is 11.3 Å². The van der Waals surface area contributed by atoms with Crippen LogP contribution in [0.4, 0.5) is 0 Å². The summed E-state index contributed by atoms with van der Waals surface area (Å²) in [4.78, 5) is 4.84. The lowest BCUT2D eigenvalue weighted by Gasteiger charge is -2.08. The first kappa shape index (κ1) is 14.5. The zero-order valence-corrected chi connectivity index (χ0v) is 14.7. The molecule has 1 nitrogen and oxygen atoms in total. The highest BCUT2D eigenvalue weighted by Gasteiger charge is 2.11. The van der Waals surface area contributed by atoms with E-state index < -0.39 is 0 Å². The highest BCUT2D eigenvalue weighted by Crippen LogP contribution is 2.33. The Balaban J connectivity index is 2.07. The van der Waals surface area contributed by atoms with Gasteiger partial charge in [-0.2, -0.15) is 0 Å². The molecular formula is C18H16BrNS. The Morgan fingerprint density at radius 1 is 1.00 bits per heavy atom. The van der Waals surface area contributed by atoms with Crippen LogP contribution in [0.5, 0.6) is 0 Å². The molecule has 0 saturated carbocycles. The van der Waals surface area contributed by atoms with Gasteiger partial charge in [-0.25, -0.2) is 4.98 Å². The quantitative estimate of drug-likeness (QED) is 0.534. The number of rotatable bonds is 2. The number of hydrogen-bond donors (Lipinski definition) is 0.